The van der Waals surface area contributed by atoms with Crippen LogP contribution in [0.5, 0.6) is 0 Å². The van der Waals surface area contributed by atoms with Crippen LogP contribution in [0.1, 0.15) is 22.6 Å². The third-order valence-electron chi connectivity index (χ3n) is 5.21. The largest absolute Gasteiger partial charge is 0.379 e. The summed E-state index contributed by atoms with van der Waals surface area (Å²) in [5.74, 6) is 0.470. The Kier molecular flexibility index (Phi) is 4.81. The summed E-state index contributed by atoms with van der Waals surface area (Å²) >= 11 is 0. The van der Waals surface area contributed by atoms with Crippen LogP contribution in [0.2, 0.25) is 0 Å². The molecule has 0 aromatic heterocycles. The van der Waals surface area contributed by atoms with Crippen LogP contribution in [0.4, 0.5) is 0 Å². The summed E-state index contributed by atoms with van der Waals surface area (Å²) in [6.45, 7) is 5.10. The Morgan fingerprint density at radius 3 is 2.52 bits per heavy atom. The Balaban J connectivity index is 1.56. The topological polar surface area (TPSA) is 32.8 Å². The van der Waals surface area contributed by atoms with Gasteiger partial charge in [0.1, 0.15) is 0 Å². The van der Waals surface area contributed by atoms with Crippen LogP contribution in [0, 0.1) is 0 Å². The summed E-state index contributed by atoms with van der Waals surface area (Å²) in [7, 11) is 0. The highest BCUT2D eigenvalue weighted by atomic mass is 16.5. The van der Waals surface area contributed by atoms with Gasteiger partial charge in [0.25, 0.3) is 0 Å². The standard InChI is InChI=1S/C21H24N2O2/c24-21(16-22-10-12-25-13-11-22)23-14-18-8-4-5-9-19(18)20(15-23)17-6-2-1-3-7-17/h1-9,20H,10-16H2/t20-/m1/s1. The predicted octanol–water partition coefficient (Wildman–Crippen LogP) is 2.49. The molecule has 0 bridgehead atoms. The van der Waals surface area contributed by atoms with E-state index in [1.807, 2.05) is 11.0 Å². The average Bonchev–Trinajstić information content (AvgIpc) is 2.68. The predicted molar refractivity (Wildman–Crippen MR) is 97.4 cm³/mol. The van der Waals surface area contributed by atoms with E-state index < -0.39 is 0 Å². The zero-order valence-electron chi connectivity index (χ0n) is 14.4. The Labute approximate surface area is 149 Å². The molecule has 130 valence electrons. The van der Waals surface area contributed by atoms with E-state index in [9.17, 15) is 4.79 Å². The third-order valence-corrected chi connectivity index (χ3v) is 5.21. The molecule has 0 spiro atoms. The molecule has 2 heterocycles. The van der Waals surface area contributed by atoms with Gasteiger partial charge in [0.2, 0.25) is 5.91 Å². The molecule has 4 rings (SSSR count). The summed E-state index contributed by atoms with van der Waals surface area (Å²) in [6, 6.07) is 19.0. The summed E-state index contributed by atoms with van der Waals surface area (Å²) < 4.78 is 5.38. The number of carbonyl (C=O) groups is 1. The van der Waals surface area contributed by atoms with Gasteiger partial charge in [-0.25, -0.2) is 0 Å². The highest BCUT2D eigenvalue weighted by Gasteiger charge is 2.29. The number of amides is 1. The second-order valence-electron chi connectivity index (χ2n) is 6.82. The minimum Gasteiger partial charge on any atom is -0.379 e. The zero-order chi connectivity index (χ0) is 17.1. The van der Waals surface area contributed by atoms with Gasteiger partial charge in [-0.05, 0) is 16.7 Å². The summed E-state index contributed by atoms with van der Waals surface area (Å²) in [6.07, 6.45) is 0. The Morgan fingerprint density at radius 1 is 1.00 bits per heavy atom. The maximum atomic E-state index is 12.9. The number of hydrogen-bond acceptors (Lipinski definition) is 3. The molecule has 1 amide bonds. The molecule has 4 nitrogen and oxygen atoms in total. The molecule has 1 saturated heterocycles. The first-order chi connectivity index (χ1) is 12.3. The number of hydrogen-bond donors (Lipinski definition) is 0. The van der Waals surface area contributed by atoms with Gasteiger partial charge in [0.15, 0.2) is 0 Å². The molecule has 0 radical (unpaired) electrons. The van der Waals surface area contributed by atoms with Gasteiger partial charge in [-0.1, -0.05) is 54.6 Å². The van der Waals surface area contributed by atoms with Crippen LogP contribution in [0.15, 0.2) is 54.6 Å². The van der Waals surface area contributed by atoms with Crippen LogP contribution in [-0.2, 0) is 16.1 Å². The van der Waals surface area contributed by atoms with Crippen LogP contribution in [0.25, 0.3) is 0 Å². The van der Waals surface area contributed by atoms with Crippen molar-refractivity contribution in [1.29, 1.82) is 0 Å². The number of morpholine rings is 1. The molecule has 2 aliphatic heterocycles. The highest BCUT2D eigenvalue weighted by Crippen LogP contribution is 2.33. The van der Waals surface area contributed by atoms with E-state index in [1.54, 1.807) is 0 Å². The fourth-order valence-electron chi connectivity index (χ4n) is 3.82. The molecule has 0 aliphatic carbocycles. The van der Waals surface area contributed by atoms with Crippen molar-refractivity contribution in [2.75, 3.05) is 39.4 Å². The van der Waals surface area contributed by atoms with E-state index in [2.05, 4.69) is 53.4 Å². The minimum atomic E-state index is 0.220. The van der Waals surface area contributed by atoms with Gasteiger partial charge in [0, 0.05) is 32.1 Å². The molecule has 2 aromatic rings. The lowest BCUT2D eigenvalue weighted by Gasteiger charge is -2.36. The van der Waals surface area contributed by atoms with Crippen LogP contribution in [-0.4, -0.2) is 55.1 Å². The van der Waals surface area contributed by atoms with Crippen molar-refractivity contribution in [1.82, 2.24) is 9.80 Å². The second kappa shape index (κ2) is 7.38. The molecule has 1 atom stereocenters. The van der Waals surface area contributed by atoms with E-state index in [0.29, 0.717) is 13.1 Å². The molecule has 0 unspecified atom stereocenters. The molecule has 0 N–H and O–H groups in total. The summed E-state index contributed by atoms with van der Waals surface area (Å²) in [5.41, 5.74) is 3.89. The Morgan fingerprint density at radius 2 is 1.72 bits per heavy atom. The van der Waals surface area contributed by atoms with Gasteiger partial charge < -0.3 is 9.64 Å². The van der Waals surface area contributed by atoms with Crippen LogP contribution < -0.4 is 0 Å². The van der Waals surface area contributed by atoms with Crippen molar-refractivity contribution in [2.45, 2.75) is 12.5 Å². The summed E-state index contributed by atoms with van der Waals surface area (Å²) in [4.78, 5) is 17.1. The number of fused-ring (bicyclic) bond motifs is 1. The average molecular weight is 336 g/mol. The number of nitrogens with zero attached hydrogens (tertiary/aromatic N) is 2. The molecule has 4 heteroatoms. The number of benzene rings is 2. The van der Waals surface area contributed by atoms with Crippen molar-refractivity contribution < 1.29 is 9.53 Å². The van der Waals surface area contributed by atoms with Crippen molar-refractivity contribution in [3.05, 3.63) is 71.3 Å². The lowest BCUT2D eigenvalue weighted by molar-refractivity contribution is -0.134. The van der Waals surface area contributed by atoms with Crippen molar-refractivity contribution >= 4 is 5.91 Å². The quantitative estimate of drug-likeness (QED) is 0.863. The molecule has 2 aromatic carbocycles. The maximum absolute atomic E-state index is 12.9. The van der Waals surface area contributed by atoms with E-state index >= 15 is 0 Å². The maximum Gasteiger partial charge on any atom is 0.237 e. The normalized spacial score (nSPS) is 21.0. The first kappa shape index (κ1) is 16.3. The third kappa shape index (κ3) is 3.60. The monoisotopic (exact) mass is 336 g/mol. The fraction of sp³-hybridized carbons (Fsp3) is 0.381. The molecule has 2 aliphatic rings. The molecule has 1 fully saturated rings. The zero-order valence-corrected chi connectivity index (χ0v) is 14.4. The Hall–Kier alpha value is -2.17. The highest BCUT2D eigenvalue weighted by molar-refractivity contribution is 5.79. The number of carbonyl (C=O) groups excluding carboxylic acids is 1. The van der Waals surface area contributed by atoms with Crippen molar-refractivity contribution in [2.24, 2.45) is 0 Å². The van der Waals surface area contributed by atoms with E-state index in [-0.39, 0.29) is 11.8 Å². The first-order valence-electron chi connectivity index (χ1n) is 9.02. The minimum absolute atomic E-state index is 0.220. The van der Waals surface area contributed by atoms with E-state index in [1.165, 1.54) is 16.7 Å². The molecule has 0 saturated carbocycles. The van der Waals surface area contributed by atoms with Crippen molar-refractivity contribution in [3.63, 3.8) is 0 Å². The van der Waals surface area contributed by atoms with Gasteiger partial charge in [-0.2, -0.15) is 0 Å². The Bertz CT molecular complexity index is 726. The van der Waals surface area contributed by atoms with Gasteiger partial charge >= 0.3 is 0 Å². The number of rotatable bonds is 3. The van der Waals surface area contributed by atoms with E-state index in [4.69, 9.17) is 4.74 Å². The van der Waals surface area contributed by atoms with E-state index in [0.717, 1.165) is 32.8 Å². The summed E-state index contributed by atoms with van der Waals surface area (Å²) in [5, 5.41) is 0. The molecular weight excluding hydrogens is 312 g/mol. The molecular formula is C21H24N2O2. The lowest BCUT2D eigenvalue weighted by atomic mass is 9.84. The van der Waals surface area contributed by atoms with Gasteiger partial charge in [0.05, 0.1) is 19.8 Å². The number of ether oxygens (including phenoxy) is 1. The van der Waals surface area contributed by atoms with Gasteiger partial charge in [-0.15, -0.1) is 0 Å². The van der Waals surface area contributed by atoms with Gasteiger partial charge in [-0.3, -0.25) is 9.69 Å². The van der Waals surface area contributed by atoms with Crippen LogP contribution in [0.3, 0.4) is 0 Å². The fourth-order valence-corrected chi connectivity index (χ4v) is 3.82. The first-order valence-corrected chi connectivity index (χ1v) is 9.02. The van der Waals surface area contributed by atoms with Crippen LogP contribution >= 0.6 is 0 Å². The SMILES string of the molecule is O=C(CN1CCOCC1)N1Cc2ccccc2[C@@H](c2ccccc2)C1. The molecule has 25 heavy (non-hydrogen) atoms. The second-order valence-corrected chi connectivity index (χ2v) is 6.82. The van der Waals surface area contributed by atoms with Crippen molar-refractivity contribution in [3.8, 4) is 0 Å². The smallest absolute Gasteiger partial charge is 0.237 e. The lowest BCUT2D eigenvalue weighted by Crippen LogP contribution is -2.46.